The number of methoxy groups -OCH3 is 1. The van der Waals surface area contributed by atoms with Crippen molar-refractivity contribution in [3.05, 3.63) is 23.8 Å². The first-order chi connectivity index (χ1) is 13.4. The Morgan fingerprint density at radius 2 is 1.89 bits per heavy atom. The number of nitrogens with one attached hydrogen (secondary N) is 1. The number of rotatable bonds is 7. The van der Waals surface area contributed by atoms with Gasteiger partial charge in [-0.15, -0.1) is 6.42 Å². The summed E-state index contributed by atoms with van der Waals surface area (Å²) in [5.74, 6) is 0.971. The Bertz CT molecular complexity index is 852. The van der Waals surface area contributed by atoms with Gasteiger partial charge in [0.05, 0.1) is 18.6 Å². The van der Waals surface area contributed by atoms with Gasteiger partial charge >= 0.3 is 5.97 Å². The van der Waals surface area contributed by atoms with E-state index < -0.39 is 28.5 Å². The molecule has 152 valence electrons. The van der Waals surface area contributed by atoms with Crippen molar-refractivity contribution in [2.24, 2.45) is 0 Å². The van der Waals surface area contributed by atoms with Crippen LogP contribution in [0.5, 0.6) is 5.75 Å². The molecule has 0 radical (unpaired) electrons. The molecule has 8 nitrogen and oxygen atoms in total. The molecule has 1 aromatic rings. The van der Waals surface area contributed by atoms with Crippen LogP contribution in [0.25, 0.3) is 0 Å². The summed E-state index contributed by atoms with van der Waals surface area (Å²) in [6.45, 7) is 0.378. The second kappa shape index (κ2) is 10.1. The average Bonchev–Trinajstić information content (AvgIpc) is 3.00. The SMILES string of the molecule is C#CCNC(=O)COC(=O)c1cc(S(=O)(=O)N2CCCCCC2)ccc1OC. The monoisotopic (exact) mass is 408 g/mol. The summed E-state index contributed by atoms with van der Waals surface area (Å²) in [6.07, 6.45) is 8.63. The average molecular weight is 408 g/mol. The van der Waals surface area contributed by atoms with Crippen molar-refractivity contribution in [2.75, 3.05) is 33.4 Å². The Morgan fingerprint density at radius 3 is 2.50 bits per heavy atom. The lowest BCUT2D eigenvalue weighted by Gasteiger charge is -2.20. The minimum atomic E-state index is -3.74. The highest BCUT2D eigenvalue weighted by molar-refractivity contribution is 7.89. The van der Waals surface area contributed by atoms with E-state index in [1.165, 1.54) is 29.6 Å². The number of esters is 1. The molecule has 0 bridgehead atoms. The molecule has 1 saturated heterocycles. The van der Waals surface area contributed by atoms with Crippen molar-refractivity contribution in [3.63, 3.8) is 0 Å². The fourth-order valence-corrected chi connectivity index (χ4v) is 4.39. The summed E-state index contributed by atoms with van der Waals surface area (Å²) in [6, 6.07) is 4.02. The van der Waals surface area contributed by atoms with Gasteiger partial charge in [-0.2, -0.15) is 4.31 Å². The molecule has 0 unspecified atom stereocenters. The summed E-state index contributed by atoms with van der Waals surface area (Å²) >= 11 is 0. The van der Waals surface area contributed by atoms with Crippen molar-refractivity contribution in [1.82, 2.24) is 9.62 Å². The number of benzene rings is 1. The first-order valence-corrected chi connectivity index (χ1v) is 10.4. The number of carbonyl (C=O) groups is 2. The zero-order valence-electron chi connectivity index (χ0n) is 15.8. The predicted octanol–water partition coefficient (Wildman–Crippen LogP) is 1.17. The van der Waals surface area contributed by atoms with Gasteiger partial charge in [0, 0.05) is 13.1 Å². The van der Waals surface area contributed by atoms with E-state index in [4.69, 9.17) is 15.9 Å². The number of sulfonamides is 1. The normalized spacial score (nSPS) is 15.1. The van der Waals surface area contributed by atoms with Gasteiger partial charge in [-0.3, -0.25) is 4.79 Å². The Balaban J connectivity index is 2.21. The smallest absolute Gasteiger partial charge is 0.342 e. The quantitative estimate of drug-likeness (QED) is 0.537. The van der Waals surface area contributed by atoms with Gasteiger partial charge in [-0.25, -0.2) is 13.2 Å². The molecule has 1 aliphatic heterocycles. The second-order valence-electron chi connectivity index (χ2n) is 6.24. The molecule has 1 heterocycles. The van der Waals surface area contributed by atoms with Crippen molar-refractivity contribution in [1.29, 1.82) is 0 Å². The van der Waals surface area contributed by atoms with Gasteiger partial charge in [-0.1, -0.05) is 18.8 Å². The fraction of sp³-hybridized carbons (Fsp3) is 0.474. The maximum absolute atomic E-state index is 12.9. The van der Waals surface area contributed by atoms with Gasteiger partial charge in [-0.05, 0) is 31.0 Å². The van der Waals surface area contributed by atoms with Crippen molar-refractivity contribution >= 4 is 21.9 Å². The van der Waals surface area contributed by atoms with Crippen molar-refractivity contribution in [3.8, 4) is 18.1 Å². The zero-order valence-corrected chi connectivity index (χ0v) is 16.6. The summed E-state index contributed by atoms with van der Waals surface area (Å²) in [7, 11) is -2.39. The van der Waals surface area contributed by atoms with Crippen LogP contribution < -0.4 is 10.1 Å². The molecule has 1 fully saturated rings. The highest BCUT2D eigenvalue weighted by Crippen LogP contribution is 2.26. The summed E-state index contributed by atoms with van der Waals surface area (Å²) < 4.78 is 37.4. The van der Waals surface area contributed by atoms with E-state index in [1.807, 2.05) is 0 Å². The molecule has 2 rings (SSSR count). The maximum Gasteiger partial charge on any atom is 0.342 e. The number of terminal acetylenes is 1. The first kappa shape index (κ1) is 21.7. The molecule has 1 aliphatic rings. The number of amides is 1. The largest absolute Gasteiger partial charge is 0.496 e. The van der Waals surface area contributed by atoms with Crippen LogP contribution in [0.1, 0.15) is 36.0 Å². The van der Waals surface area contributed by atoms with Crippen LogP contribution in [0, 0.1) is 12.3 Å². The minimum Gasteiger partial charge on any atom is -0.496 e. The number of ether oxygens (including phenoxy) is 2. The third-order valence-corrected chi connectivity index (χ3v) is 6.21. The van der Waals surface area contributed by atoms with E-state index in [0.29, 0.717) is 13.1 Å². The number of hydrogen-bond donors (Lipinski definition) is 1. The molecule has 9 heteroatoms. The lowest BCUT2D eigenvalue weighted by molar-refractivity contribution is -0.123. The number of nitrogens with zero attached hydrogens (tertiary/aromatic N) is 1. The summed E-state index contributed by atoms with van der Waals surface area (Å²) in [5, 5.41) is 2.37. The van der Waals surface area contributed by atoms with Crippen LogP contribution in [0.4, 0.5) is 0 Å². The molecule has 28 heavy (non-hydrogen) atoms. The molecular formula is C19H24N2O6S. The maximum atomic E-state index is 12.9. The third-order valence-electron chi connectivity index (χ3n) is 4.32. The van der Waals surface area contributed by atoms with Gasteiger partial charge < -0.3 is 14.8 Å². The summed E-state index contributed by atoms with van der Waals surface area (Å²) in [4.78, 5) is 23.9. The third kappa shape index (κ3) is 5.47. The van der Waals surface area contributed by atoms with E-state index in [-0.39, 0.29) is 22.8 Å². The number of carbonyl (C=O) groups excluding carboxylic acids is 2. The van der Waals surface area contributed by atoms with Gasteiger partial charge in [0.15, 0.2) is 6.61 Å². The van der Waals surface area contributed by atoms with Gasteiger partial charge in [0.25, 0.3) is 5.91 Å². The van der Waals surface area contributed by atoms with Crippen LogP contribution in [0.15, 0.2) is 23.1 Å². The van der Waals surface area contributed by atoms with Crippen LogP contribution in [0.2, 0.25) is 0 Å². The molecule has 0 atom stereocenters. The second-order valence-corrected chi connectivity index (χ2v) is 8.18. The van der Waals surface area contributed by atoms with Crippen LogP contribution in [-0.4, -0.2) is 58.0 Å². The molecule has 0 aromatic heterocycles. The first-order valence-electron chi connectivity index (χ1n) is 8.95. The van der Waals surface area contributed by atoms with Crippen LogP contribution in [-0.2, 0) is 19.6 Å². The Kier molecular flexibility index (Phi) is 7.84. The van der Waals surface area contributed by atoms with E-state index in [9.17, 15) is 18.0 Å². The highest BCUT2D eigenvalue weighted by Gasteiger charge is 2.27. The molecular weight excluding hydrogens is 384 g/mol. The standard InChI is InChI=1S/C19H24N2O6S/c1-3-10-20-18(22)14-27-19(23)16-13-15(8-9-17(16)26-2)28(24,25)21-11-6-4-5-7-12-21/h1,8-9,13H,4-7,10-12,14H2,2H3,(H,20,22). The fourth-order valence-electron chi connectivity index (χ4n) is 2.85. The van der Waals surface area contributed by atoms with Crippen molar-refractivity contribution < 1.29 is 27.5 Å². The molecule has 1 N–H and O–H groups in total. The zero-order chi connectivity index (χ0) is 20.6. The van der Waals surface area contributed by atoms with E-state index in [2.05, 4.69) is 11.2 Å². The lowest BCUT2D eigenvalue weighted by atomic mass is 10.2. The molecule has 1 aromatic carbocycles. The van der Waals surface area contributed by atoms with E-state index in [0.717, 1.165) is 25.7 Å². The molecule has 0 spiro atoms. The highest BCUT2D eigenvalue weighted by atomic mass is 32.2. The minimum absolute atomic E-state index is 0.0149. The lowest BCUT2D eigenvalue weighted by Crippen LogP contribution is -2.32. The Labute approximate surface area is 165 Å². The van der Waals surface area contributed by atoms with E-state index in [1.54, 1.807) is 0 Å². The Hall–Kier alpha value is -2.57. The van der Waals surface area contributed by atoms with Crippen molar-refractivity contribution in [2.45, 2.75) is 30.6 Å². The van der Waals surface area contributed by atoms with Gasteiger partial charge in [0.2, 0.25) is 10.0 Å². The molecule has 1 amide bonds. The predicted molar refractivity (Wildman–Crippen MR) is 102 cm³/mol. The van der Waals surface area contributed by atoms with Crippen LogP contribution in [0.3, 0.4) is 0 Å². The van der Waals surface area contributed by atoms with E-state index >= 15 is 0 Å². The molecule has 0 aliphatic carbocycles. The number of hydrogen-bond acceptors (Lipinski definition) is 6. The van der Waals surface area contributed by atoms with Gasteiger partial charge in [0.1, 0.15) is 11.3 Å². The summed E-state index contributed by atoms with van der Waals surface area (Å²) in [5.41, 5.74) is -0.0665. The topological polar surface area (TPSA) is 102 Å². The molecule has 0 saturated carbocycles. The van der Waals surface area contributed by atoms with Crippen LogP contribution >= 0.6 is 0 Å². The Morgan fingerprint density at radius 1 is 1.21 bits per heavy atom.